The number of nitrogens with one attached hydrogen (secondary N) is 1. The van der Waals surface area contributed by atoms with Gasteiger partial charge in [-0.05, 0) is 43.3 Å². The van der Waals surface area contributed by atoms with Gasteiger partial charge in [0.05, 0.1) is 29.5 Å². The third kappa shape index (κ3) is 4.06. The zero-order valence-corrected chi connectivity index (χ0v) is 17.5. The number of amides is 3. The van der Waals surface area contributed by atoms with Crippen LogP contribution in [0.2, 0.25) is 0 Å². The second-order valence-electron chi connectivity index (χ2n) is 7.65. The molecule has 0 aliphatic carbocycles. The molecule has 2 aliphatic heterocycles. The molecule has 2 aromatic rings. The SMILES string of the molecule is CCOC(=O)c1ccc(NC(=O)CN2C(=O)C3CC(O)CN3C(=O)c3ccccc32)cc1. The van der Waals surface area contributed by atoms with Gasteiger partial charge in [-0.3, -0.25) is 14.4 Å². The third-order valence-electron chi connectivity index (χ3n) is 5.50. The van der Waals surface area contributed by atoms with E-state index in [0.717, 1.165) is 0 Å². The molecule has 4 rings (SSSR count). The van der Waals surface area contributed by atoms with Gasteiger partial charge in [-0.2, -0.15) is 0 Å². The maximum atomic E-state index is 13.2. The molecule has 32 heavy (non-hydrogen) atoms. The molecule has 9 nitrogen and oxygen atoms in total. The Hall–Kier alpha value is -3.72. The molecular weight excluding hydrogens is 414 g/mol. The van der Waals surface area contributed by atoms with Crippen molar-refractivity contribution >= 4 is 35.1 Å². The first-order valence-electron chi connectivity index (χ1n) is 10.4. The highest BCUT2D eigenvalue weighted by Crippen LogP contribution is 2.32. The summed E-state index contributed by atoms with van der Waals surface area (Å²) in [5.74, 6) is -1.66. The lowest BCUT2D eigenvalue weighted by atomic mass is 10.1. The van der Waals surface area contributed by atoms with Crippen LogP contribution in [0.3, 0.4) is 0 Å². The van der Waals surface area contributed by atoms with Crippen LogP contribution in [0, 0.1) is 0 Å². The minimum absolute atomic E-state index is 0.0798. The van der Waals surface area contributed by atoms with Crippen molar-refractivity contribution in [3.8, 4) is 0 Å². The maximum absolute atomic E-state index is 13.2. The quantitative estimate of drug-likeness (QED) is 0.684. The van der Waals surface area contributed by atoms with Crippen LogP contribution in [-0.2, 0) is 14.3 Å². The molecule has 3 amide bonds. The number of carbonyl (C=O) groups is 4. The molecule has 2 aromatic carbocycles. The van der Waals surface area contributed by atoms with Crippen LogP contribution >= 0.6 is 0 Å². The number of anilines is 2. The van der Waals surface area contributed by atoms with Gasteiger partial charge in [-0.15, -0.1) is 0 Å². The molecule has 0 saturated carbocycles. The fourth-order valence-corrected chi connectivity index (χ4v) is 4.03. The topological polar surface area (TPSA) is 116 Å². The molecule has 2 atom stereocenters. The molecule has 9 heteroatoms. The number of fused-ring (bicyclic) bond motifs is 2. The largest absolute Gasteiger partial charge is 0.462 e. The first-order chi connectivity index (χ1) is 15.4. The van der Waals surface area contributed by atoms with E-state index in [1.54, 1.807) is 43.3 Å². The van der Waals surface area contributed by atoms with Gasteiger partial charge in [-0.1, -0.05) is 12.1 Å². The number of aliphatic hydroxyl groups excluding tert-OH is 1. The maximum Gasteiger partial charge on any atom is 0.338 e. The van der Waals surface area contributed by atoms with Crippen molar-refractivity contribution in [3.63, 3.8) is 0 Å². The van der Waals surface area contributed by atoms with E-state index in [1.165, 1.54) is 21.9 Å². The molecular formula is C23H23N3O6. The highest BCUT2D eigenvalue weighted by molar-refractivity contribution is 6.13. The Morgan fingerprint density at radius 1 is 1.12 bits per heavy atom. The van der Waals surface area contributed by atoms with E-state index in [2.05, 4.69) is 5.32 Å². The number of hydrogen-bond donors (Lipinski definition) is 2. The summed E-state index contributed by atoms with van der Waals surface area (Å²) in [4.78, 5) is 53.4. The van der Waals surface area contributed by atoms with Crippen molar-refractivity contribution in [1.82, 2.24) is 4.90 Å². The summed E-state index contributed by atoms with van der Waals surface area (Å²) in [6.07, 6.45) is -0.654. The normalized spacial score (nSPS) is 19.8. The number of benzene rings is 2. The van der Waals surface area contributed by atoms with Gasteiger partial charge in [0, 0.05) is 18.7 Å². The number of esters is 1. The number of nitrogens with zero attached hydrogens (tertiary/aromatic N) is 2. The molecule has 1 fully saturated rings. The highest BCUT2D eigenvalue weighted by atomic mass is 16.5. The van der Waals surface area contributed by atoms with Gasteiger partial charge < -0.3 is 25.0 Å². The Kier molecular flexibility index (Phi) is 5.91. The number of aliphatic hydroxyl groups is 1. The zero-order valence-electron chi connectivity index (χ0n) is 17.5. The molecule has 2 N–H and O–H groups in total. The van der Waals surface area contributed by atoms with E-state index in [4.69, 9.17) is 4.74 Å². The fraction of sp³-hybridized carbons (Fsp3) is 0.304. The van der Waals surface area contributed by atoms with Crippen molar-refractivity contribution in [1.29, 1.82) is 0 Å². The summed E-state index contributed by atoms with van der Waals surface area (Å²) in [5.41, 5.74) is 1.48. The van der Waals surface area contributed by atoms with Gasteiger partial charge in [0.2, 0.25) is 11.8 Å². The summed E-state index contributed by atoms with van der Waals surface area (Å²) in [7, 11) is 0. The lowest BCUT2D eigenvalue weighted by Crippen LogP contribution is -2.47. The number of hydrogen-bond acceptors (Lipinski definition) is 6. The van der Waals surface area contributed by atoms with Crippen molar-refractivity contribution in [2.75, 3.05) is 29.9 Å². The molecule has 0 spiro atoms. The van der Waals surface area contributed by atoms with Crippen LogP contribution < -0.4 is 10.2 Å². The van der Waals surface area contributed by atoms with Crippen molar-refractivity contribution in [2.24, 2.45) is 0 Å². The van der Waals surface area contributed by atoms with Crippen LogP contribution in [0.5, 0.6) is 0 Å². The summed E-state index contributed by atoms with van der Waals surface area (Å²) in [5, 5.41) is 12.7. The predicted molar refractivity (Wildman–Crippen MR) is 115 cm³/mol. The Morgan fingerprint density at radius 3 is 2.56 bits per heavy atom. The zero-order chi connectivity index (χ0) is 22.8. The molecule has 2 heterocycles. The number of para-hydroxylation sites is 1. The van der Waals surface area contributed by atoms with Crippen molar-refractivity contribution in [2.45, 2.75) is 25.5 Å². The molecule has 0 bridgehead atoms. The molecule has 0 radical (unpaired) electrons. The van der Waals surface area contributed by atoms with E-state index in [-0.39, 0.29) is 32.0 Å². The summed E-state index contributed by atoms with van der Waals surface area (Å²) in [6.45, 7) is 1.76. The van der Waals surface area contributed by atoms with E-state index < -0.39 is 29.9 Å². The van der Waals surface area contributed by atoms with Gasteiger partial charge in [0.15, 0.2) is 0 Å². The molecule has 0 aromatic heterocycles. The second kappa shape index (κ2) is 8.80. The van der Waals surface area contributed by atoms with Crippen LogP contribution in [0.1, 0.15) is 34.1 Å². The van der Waals surface area contributed by atoms with Crippen LogP contribution in [0.25, 0.3) is 0 Å². The smallest absolute Gasteiger partial charge is 0.338 e. The average Bonchev–Trinajstić information content (AvgIpc) is 3.16. The van der Waals surface area contributed by atoms with Gasteiger partial charge in [0.1, 0.15) is 12.6 Å². The second-order valence-corrected chi connectivity index (χ2v) is 7.65. The van der Waals surface area contributed by atoms with Gasteiger partial charge >= 0.3 is 5.97 Å². The third-order valence-corrected chi connectivity index (χ3v) is 5.50. The molecule has 2 aliphatic rings. The van der Waals surface area contributed by atoms with Crippen LogP contribution in [0.4, 0.5) is 11.4 Å². The monoisotopic (exact) mass is 437 g/mol. The average molecular weight is 437 g/mol. The van der Waals surface area contributed by atoms with Gasteiger partial charge in [0.25, 0.3) is 5.91 Å². The first-order valence-corrected chi connectivity index (χ1v) is 10.4. The van der Waals surface area contributed by atoms with E-state index in [0.29, 0.717) is 22.5 Å². The van der Waals surface area contributed by atoms with E-state index in [9.17, 15) is 24.3 Å². The van der Waals surface area contributed by atoms with Crippen LogP contribution in [0.15, 0.2) is 48.5 Å². The molecule has 1 saturated heterocycles. The standard InChI is InChI=1S/C23H23N3O6/c1-2-32-23(31)14-7-9-15(10-8-14)24-20(28)13-26-18-6-4-3-5-17(18)21(29)25-12-16(27)11-19(25)22(26)30/h3-10,16,19,27H,2,11-13H2,1H3,(H,24,28). The first kappa shape index (κ1) is 21.5. The summed E-state index contributed by atoms with van der Waals surface area (Å²) in [6, 6.07) is 12.0. The number of rotatable bonds is 5. The minimum Gasteiger partial charge on any atom is -0.462 e. The number of carbonyl (C=O) groups excluding carboxylic acids is 4. The predicted octanol–water partition coefficient (Wildman–Crippen LogP) is 1.42. The number of ether oxygens (including phenoxy) is 1. The Labute approximate surface area is 184 Å². The Balaban J connectivity index is 1.54. The molecule has 166 valence electrons. The summed E-state index contributed by atoms with van der Waals surface area (Å²) >= 11 is 0. The minimum atomic E-state index is -0.818. The van der Waals surface area contributed by atoms with Crippen LogP contribution in [-0.4, -0.2) is 65.5 Å². The Bertz CT molecular complexity index is 1070. The highest BCUT2D eigenvalue weighted by Gasteiger charge is 2.45. The summed E-state index contributed by atoms with van der Waals surface area (Å²) < 4.78 is 4.94. The van der Waals surface area contributed by atoms with Crippen molar-refractivity contribution in [3.05, 3.63) is 59.7 Å². The lowest BCUT2D eigenvalue weighted by molar-refractivity contribution is -0.124. The van der Waals surface area contributed by atoms with E-state index in [1.807, 2.05) is 0 Å². The molecule has 2 unspecified atom stereocenters. The lowest BCUT2D eigenvalue weighted by Gasteiger charge is -2.25. The Morgan fingerprint density at radius 2 is 1.84 bits per heavy atom. The van der Waals surface area contributed by atoms with E-state index >= 15 is 0 Å². The van der Waals surface area contributed by atoms with Crippen molar-refractivity contribution < 1.29 is 29.0 Å². The fourth-order valence-electron chi connectivity index (χ4n) is 4.03. The van der Waals surface area contributed by atoms with Gasteiger partial charge in [-0.25, -0.2) is 4.79 Å².